The second-order valence-corrected chi connectivity index (χ2v) is 6.95. The number of nitrogens with zero attached hydrogens (tertiary/aromatic N) is 1. The third-order valence-electron chi connectivity index (χ3n) is 4.67. The zero-order valence-electron chi connectivity index (χ0n) is 14.8. The summed E-state index contributed by atoms with van der Waals surface area (Å²) in [5, 5.41) is 12.3. The number of aromatic amines is 1. The largest absolute Gasteiger partial charge is 0.477 e. The van der Waals surface area contributed by atoms with E-state index in [-0.39, 0.29) is 34.2 Å². The van der Waals surface area contributed by atoms with E-state index in [1.807, 2.05) is 6.92 Å². The van der Waals surface area contributed by atoms with Gasteiger partial charge in [0.1, 0.15) is 17.1 Å². The van der Waals surface area contributed by atoms with Gasteiger partial charge in [-0.1, -0.05) is 13.8 Å². The number of hydrogen-bond acceptors (Lipinski definition) is 4. The van der Waals surface area contributed by atoms with Crippen LogP contribution in [0.15, 0.2) is 10.9 Å². The lowest BCUT2D eigenvalue weighted by atomic mass is 10.00. The standard InChI is InChI=1S/C18H21F2N3O3/c1-8(2)14-12(18(25)26)17(24)10-6-11(19)16(13(20)15(10)22-14)23-5-4-21-9(3)7-23/h6,8-9,21H,4-5,7H2,1-3H3,(H,22,24)(H,25,26). The van der Waals surface area contributed by atoms with Gasteiger partial charge in [0.15, 0.2) is 5.82 Å². The molecule has 0 amide bonds. The highest BCUT2D eigenvalue weighted by Crippen LogP contribution is 2.31. The van der Waals surface area contributed by atoms with E-state index in [1.165, 1.54) is 0 Å². The number of aromatic nitrogens is 1. The minimum Gasteiger partial charge on any atom is -0.477 e. The van der Waals surface area contributed by atoms with E-state index in [4.69, 9.17) is 0 Å². The molecular weight excluding hydrogens is 344 g/mol. The predicted octanol–water partition coefficient (Wildman–Crippen LogP) is 2.43. The Morgan fingerprint density at radius 2 is 2.08 bits per heavy atom. The van der Waals surface area contributed by atoms with Crippen LogP contribution in [0.5, 0.6) is 0 Å². The Bertz CT molecular complexity index is 940. The van der Waals surface area contributed by atoms with Crippen molar-refractivity contribution in [1.29, 1.82) is 0 Å². The first-order chi connectivity index (χ1) is 12.2. The molecule has 1 aromatic heterocycles. The first-order valence-electron chi connectivity index (χ1n) is 8.51. The van der Waals surface area contributed by atoms with Crippen LogP contribution in [-0.2, 0) is 0 Å². The van der Waals surface area contributed by atoms with Crippen molar-refractivity contribution in [1.82, 2.24) is 10.3 Å². The molecule has 1 fully saturated rings. The molecule has 1 aliphatic heterocycles. The lowest BCUT2D eigenvalue weighted by Gasteiger charge is -2.34. The smallest absolute Gasteiger partial charge is 0.341 e. The normalized spacial score (nSPS) is 17.9. The molecule has 3 N–H and O–H groups in total. The van der Waals surface area contributed by atoms with E-state index in [0.29, 0.717) is 19.6 Å². The SMILES string of the molecule is CC1CN(c2c(F)cc3c(=O)c(C(=O)O)c(C(C)C)[nH]c3c2F)CCN1. The van der Waals surface area contributed by atoms with Crippen molar-refractivity contribution in [3.05, 3.63) is 39.2 Å². The van der Waals surface area contributed by atoms with Crippen molar-refractivity contribution in [2.75, 3.05) is 24.5 Å². The molecule has 0 bridgehead atoms. The second-order valence-electron chi connectivity index (χ2n) is 6.95. The van der Waals surface area contributed by atoms with Gasteiger partial charge in [-0.25, -0.2) is 13.6 Å². The molecular formula is C18H21F2N3O3. The Balaban J connectivity index is 2.31. The Labute approximate surface area is 148 Å². The molecule has 8 heteroatoms. The highest BCUT2D eigenvalue weighted by molar-refractivity contribution is 5.95. The number of fused-ring (bicyclic) bond motifs is 1. The molecule has 1 unspecified atom stereocenters. The van der Waals surface area contributed by atoms with Crippen molar-refractivity contribution in [3.8, 4) is 0 Å². The van der Waals surface area contributed by atoms with E-state index in [9.17, 15) is 19.1 Å². The molecule has 3 rings (SSSR count). The number of nitrogens with one attached hydrogen (secondary N) is 2. The molecule has 0 radical (unpaired) electrons. The fourth-order valence-corrected chi connectivity index (χ4v) is 3.43. The maximum absolute atomic E-state index is 15.2. The summed E-state index contributed by atoms with van der Waals surface area (Å²) in [6.07, 6.45) is 0. The van der Waals surface area contributed by atoms with Crippen molar-refractivity contribution < 1.29 is 18.7 Å². The van der Waals surface area contributed by atoms with Crippen molar-refractivity contribution >= 4 is 22.6 Å². The van der Waals surface area contributed by atoms with Crippen LogP contribution in [0.3, 0.4) is 0 Å². The van der Waals surface area contributed by atoms with Crippen molar-refractivity contribution in [2.24, 2.45) is 0 Å². The number of benzene rings is 1. The maximum Gasteiger partial charge on any atom is 0.341 e. The first kappa shape index (κ1) is 18.3. The summed E-state index contributed by atoms with van der Waals surface area (Å²) < 4.78 is 29.8. The molecule has 0 aliphatic carbocycles. The fraction of sp³-hybridized carbons (Fsp3) is 0.444. The van der Waals surface area contributed by atoms with E-state index >= 15 is 4.39 Å². The minimum atomic E-state index is -1.42. The molecule has 1 aliphatic rings. The molecule has 2 aromatic rings. The number of carboxylic acid groups (broad SMARTS) is 1. The molecule has 1 atom stereocenters. The summed E-state index contributed by atoms with van der Waals surface area (Å²) in [7, 11) is 0. The third-order valence-corrected chi connectivity index (χ3v) is 4.67. The zero-order valence-corrected chi connectivity index (χ0v) is 14.8. The number of H-pyrrole nitrogens is 1. The second kappa shape index (κ2) is 6.68. The first-order valence-corrected chi connectivity index (χ1v) is 8.51. The number of carbonyl (C=O) groups is 1. The number of carboxylic acids is 1. The van der Waals surface area contributed by atoms with Crippen molar-refractivity contribution in [3.63, 3.8) is 0 Å². The lowest BCUT2D eigenvalue weighted by Crippen LogP contribution is -2.49. The molecule has 1 saturated heterocycles. The van der Waals surface area contributed by atoms with Gasteiger partial charge in [-0.05, 0) is 18.9 Å². The Morgan fingerprint density at radius 1 is 1.38 bits per heavy atom. The van der Waals surface area contributed by atoms with Gasteiger partial charge in [0.2, 0.25) is 5.43 Å². The van der Waals surface area contributed by atoms with Gasteiger partial charge in [-0.3, -0.25) is 4.79 Å². The summed E-state index contributed by atoms with van der Waals surface area (Å²) in [6, 6.07) is 0.994. The van der Waals surface area contributed by atoms with Gasteiger partial charge in [0, 0.05) is 31.4 Å². The number of piperazine rings is 1. The minimum absolute atomic E-state index is 0.0675. The van der Waals surface area contributed by atoms with Crippen LogP contribution < -0.4 is 15.6 Å². The number of pyridine rings is 1. The summed E-state index contributed by atoms with van der Waals surface area (Å²) in [5.74, 6) is -3.50. The zero-order chi connectivity index (χ0) is 19.2. The number of hydrogen-bond donors (Lipinski definition) is 3. The third kappa shape index (κ3) is 2.94. The molecule has 6 nitrogen and oxygen atoms in total. The Kier molecular flexibility index (Phi) is 4.70. The van der Waals surface area contributed by atoms with Crippen LogP contribution >= 0.6 is 0 Å². The molecule has 140 valence electrons. The lowest BCUT2D eigenvalue weighted by molar-refractivity contribution is 0.0693. The van der Waals surface area contributed by atoms with Crippen LogP contribution in [0.4, 0.5) is 14.5 Å². The number of anilines is 1. The van der Waals surface area contributed by atoms with Crippen LogP contribution in [-0.4, -0.2) is 41.7 Å². The average molecular weight is 365 g/mol. The highest BCUT2D eigenvalue weighted by atomic mass is 19.1. The van der Waals surface area contributed by atoms with Crippen LogP contribution in [0.25, 0.3) is 10.9 Å². The van der Waals surface area contributed by atoms with Crippen molar-refractivity contribution in [2.45, 2.75) is 32.7 Å². The Morgan fingerprint density at radius 3 is 2.65 bits per heavy atom. The van der Waals surface area contributed by atoms with Gasteiger partial charge in [-0.15, -0.1) is 0 Å². The fourth-order valence-electron chi connectivity index (χ4n) is 3.43. The topological polar surface area (TPSA) is 85.4 Å². The van der Waals surface area contributed by atoms with Gasteiger partial charge < -0.3 is 20.3 Å². The molecule has 2 heterocycles. The van der Waals surface area contributed by atoms with Crippen LogP contribution in [0.2, 0.25) is 0 Å². The van der Waals surface area contributed by atoms with E-state index in [1.54, 1.807) is 18.7 Å². The summed E-state index contributed by atoms with van der Waals surface area (Å²) >= 11 is 0. The maximum atomic E-state index is 15.2. The summed E-state index contributed by atoms with van der Waals surface area (Å²) in [6.45, 7) is 6.75. The summed E-state index contributed by atoms with van der Waals surface area (Å²) in [4.78, 5) is 28.4. The highest BCUT2D eigenvalue weighted by Gasteiger charge is 2.27. The van der Waals surface area contributed by atoms with E-state index in [2.05, 4.69) is 10.3 Å². The number of halogens is 2. The quantitative estimate of drug-likeness (QED) is 0.778. The predicted molar refractivity (Wildman–Crippen MR) is 95.2 cm³/mol. The molecule has 26 heavy (non-hydrogen) atoms. The monoisotopic (exact) mass is 365 g/mol. The van der Waals surface area contributed by atoms with Crippen LogP contribution in [0, 0.1) is 11.6 Å². The molecule has 1 aromatic carbocycles. The van der Waals surface area contributed by atoms with Gasteiger partial charge in [0.25, 0.3) is 0 Å². The number of rotatable bonds is 3. The van der Waals surface area contributed by atoms with E-state index < -0.39 is 28.6 Å². The molecule has 0 spiro atoms. The molecule has 0 saturated carbocycles. The average Bonchev–Trinajstić information content (AvgIpc) is 2.55. The van der Waals surface area contributed by atoms with E-state index in [0.717, 1.165) is 6.07 Å². The van der Waals surface area contributed by atoms with Gasteiger partial charge in [0.05, 0.1) is 10.9 Å². The van der Waals surface area contributed by atoms with Gasteiger partial charge >= 0.3 is 5.97 Å². The Hall–Kier alpha value is -2.48. The summed E-state index contributed by atoms with van der Waals surface area (Å²) in [5.41, 5.74) is -1.59. The number of aromatic carboxylic acids is 1. The van der Waals surface area contributed by atoms with Crippen LogP contribution in [0.1, 0.15) is 42.7 Å². The van der Waals surface area contributed by atoms with Gasteiger partial charge in [-0.2, -0.15) is 0 Å².